The van der Waals surface area contributed by atoms with Gasteiger partial charge in [0, 0.05) is 24.5 Å². The van der Waals surface area contributed by atoms with Crippen molar-refractivity contribution >= 4 is 23.5 Å². The zero-order valence-corrected chi connectivity index (χ0v) is 22.4. The molecule has 2 aromatic rings. The second-order valence-electron chi connectivity index (χ2n) is 7.88. The van der Waals surface area contributed by atoms with Gasteiger partial charge in [-0.1, -0.05) is 63.2 Å². The minimum absolute atomic E-state index is 0.0455. The maximum Gasteiger partial charge on any atom is 0.335 e. The fourth-order valence-electron chi connectivity index (χ4n) is 3.13. The molecule has 1 aromatic heterocycles. The Bertz CT molecular complexity index is 1130. The molecule has 0 bridgehead atoms. The lowest BCUT2D eigenvalue weighted by atomic mass is 10.0. The molecule has 0 fully saturated rings. The summed E-state index contributed by atoms with van der Waals surface area (Å²) in [5.74, 6) is -1.47. The molecule has 1 aromatic carbocycles. The first-order chi connectivity index (χ1) is 17.5. The van der Waals surface area contributed by atoms with Gasteiger partial charge in [0.1, 0.15) is 11.3 Å². The molecule has 37 heavy (non-hydrogen) atoms. The van der Waals surface area contributed by atoms with Crippen LogP contribution in [0.1, 0.15) is 50.2 Å². The number of rotatable bonds is 12. The number of benzene rings is 1. The highest BCUT2D eigenvalue weighted by Crippen LogP contribution is 2.30. The molecule has 1 heterocycles. The Balaban J connectivity index is 0.00000334. The van der Waals surface area contributed by atoms with Crippen molar-refractivity contribution in [1.82, 2.24) is 15.1 Å². The van der Waals surface area contributed by atoms with E-state index in [2.05, 4.69) is 17.0 Å². The molecule has 0 aliphatic carbocycles. The van der Waals surface area contributed by atoms with E-state index in [-0.39, 0.29) is 35.0 Å². The number of alkyl halides is 2. The predicted molar refractivity (Wildman–Crippen MR) is 142 cm³/mol. The Morgan fingerprint density at radius 2 is 1.97 bits per heavy atom. The minimum Gasteiger partial charge on any atom is -0.478 e. The van der Waals surface area contributed by atoms with Crippen LogP contribution in [-0.2, 0) is 18.3 Å². The third-order valence-corrected chi connectivity index (χ3v) is 5.41. The summed E-state index contributed by atoms with van der Waals surface area (Å²) in [5, 5.41) is 16.7. The summed E-state index contributed by atoms with van der Waals surface area (Å²) >= 11 is 6.02. The zero-order chi connectivity index (χ0) is 28.1. The number of nitrogens with zero attached hydrogens (tertiary/aromatic N) is 2. The van der Waals surface area contributed by atoms with E-state index >= 15 is 0 Å². The van der Waals surface area contributed by atoms with Crippen molar-refractivity contribution in [2.45, 2.75) is 53.0 Å². The van der Waals surface area contributed by atoms with E-state index in [1.165, 1.54) is 22.9 Å². The molecule has 2 rings (SSSR count). The van der Waals surface area contributed by atoms with Crippen molar-refractivity contribution in [2.24, 2.45) is 13.0 Å². The number of carbonyl (C=O) groups is 2. The van der Waals surface area contributed by atoms with Crippen LogP contribution in [0.4, 0.5) is 8.78 Å². The van der Waals surface area contributed by atoms with Crippen molar-refractivity contribution in [3.05, 3.63) is 77.0 Å². The number of allylic oxidation sites excluding steroid dienone is 2. The topological polar surface area (TPSA) is 93.5 Å². The van der Waals surface area contributed by atoms with Gasteiger partial charge in [0.05, 0.1) is 11.3 Å². The van der Waals surface area contributed by atoms with Crippen LogP contribution in [0, 0.1) is 5.92 Å². The van der Waals surface area contributed by atoms with Gasteiger partial charge in [-0.2, -0.15) is 5.10 Å². The third kappa shape index (κ3) is 9.84. The van der Waals surface area contributed by atoms with Gasteiger partial charge in [0.25, 0.3) is 5.91 Å². The number of aromatic nitrogens is 2. The predicted octanol–water partition coefficient (Wildman–Crippen LogP) is 6.60. The Morgan fingerprint density at radius 3 is 2.54 bits per heavy atom. The minimum atomic E-state index is -2.55. The molecule has 202 valence electrons. The first kappa shape index (κ1) is 31.6. The van der Waals surface area contributed by atoms with Crippen LogP contribution in [-0.4, -0.2) is 39.2 Å². The Kier molecular flexibility index (Phi) is 13.3. The molecule has 0 saturated carbocycles. The molecule has 2 N–H and O–H groups in total. The highest BCUT2D eigenvalue weighted by molar-refractivity contribution is 6.30. The van der Waals surface area contributed by atoms with Gasteiger partial charge in [-0.25, -0.2) is 18.3 Å². The monoisotopic (exact) mass is 537 g/mol. The lowest BCUT2D eigenvalue weighted by Gasteiger charge is -2.19. The summed E-state index contributed by atoms with van der Waals surface area (Å²) in [6.07, 6.45) is 2.68. The molecule has 0 saturated heterocycles. The zero-order valence-electron chi connectivity index (χ0n) is 21.7. The van der Waals surface area contributed by atoms with Gasteiger partial charge in [-0.05, 0) is 43.5 Å². The van der Waals surface area contributed by atoms with Crippen molar-refractivity contribution in [3.63, 3.8) is 0 Å². The number of aryl methyl sites for hydroxylation is 2. The number of carboxylic acids is 1. The van der Waals surface area contributed by atoms with Crippen LogP contribution >= 0.6 is 11.6 Å². The normalized spacial score (nSPS) is 13.1. The highest BCUT2D eigenvalue weighted by atomic mass is 35.5. The van der Waals surface area contributed by atoms with E-state index in [0.29, 0.717) is 10.8 Å². The number of carboxylic acid groups (broad SMARTS) is 1. The lowest BCUT2D eigenvalue weighted by molar-refractivity contribution is -0.132. The van der Waals surface area contributed by atoms with Gasteiger partial charge < -0.3 is 15.2 Å². The van der Waals surface area contributed by atoms with E-state index in [1.807, 2.05) is 13.8 Å². The van der Waals surface area contributed by atoms with E-state index in [9.17, 15) is 23.5 Å². The van der Waals surface area contributed by atoms with Gasteiger partial charge in [-0.3, -0.25) is 4.79 Å². The Labute approximate surface area is 221 Å². The number of hydrogen-bond acceptors (Lipinski definition) is 4. The molecule has 0 aliphatic heterocycles. The number of amides is 1. The first-order valence-corrected chi connectivity index (χ1v) is 12.2. The van der Waals surface area contributed by atoms with Crippen molar-refractivity contribution in [2.75, 3.05) is 0 Å². The first-order valence-electron chi connectivity index (χ1n) is 11.9. The van der Waals surface area contributed by atoms with Gasteiger partial charge in [-0.15, -0.1) is 0 Å². The van der Waals surface area contributed by atoms with Gasteiger partial charge in [0.15, 0.2) is 0 Å². The molecule has 10 heteroatoms. The number of hydrogen-bond donors (Lipinski definition) is 2. The molecular formula is C27H34ClF2N3O4. The largest absolute Gasteiger partial charge is 0.478 e. The fourth-order valence-corrected chi connectivity index (χ4v) is 3.31. The second kappa shape index (κ2) is 15.6. The second-order valence-corrected chi connectivity index (χ2v) is 8.32. The number of halogens is 3. The average Bonchev–Trinajstić information content (AvgIpc) is 3.16. The van der Waals surface area contributed by atoms with E-state index in [4.69, 9.17) is 16.3 Å². The summed E-state index contributed by atoms with van der Waals surface area (Å²) in [7, 11) is 1.55. The Hall–Kier alpha value is -3.46. The van der Waals surface area contributed by atoms with E-state index < -0.39 is 30.8 Å². The Morgan fingerprint density at radius 1 is 1.30 bits per heavy atom. The molecule has 1 amide bonds. The van der Waals surface area contributed by atoms with Gasteiger partial charge in [0.2, 0.25) is 12.3 Å². The fraction of sp³-hybridized carbons (Fsp3) is 0.370. The number of aliphatic carboxylic acids is 1. The maximum atomic E-state index is 13.3. The number of nitrogens with one attached hydrogen (secondary N) is 1. The highest BCUT2D eigenvalue weighted by Gasteiger charge is 2.27. The average molecular weight is 538 g/mol. The molecular weight excluding hydrogens is 504 g/mol. The van der Waals surface area contributed by atoms with Crippen LogP contribution in [0.2, 0.25) is 5.02 Å². The summed E-state index contributed by atoms with van der Waals surface area (Å²) in [6.45, 7) is 11.0. The molecule has 0 spiro atoms. The van der Waals surface area contributed by atoms with Gasteiger partial charge >= 0.3 is 5.97 Å². The molecule has 1 unspecified atom stereocenters. The summed E-state index contributed by atoms with van der Waals surface area (Å²) in [4.78, 5) is 24.5. The van der Waals surface area contributed by atoms with Crippen LogP contribution in [0.5, 0.6) is 11.6 Å². The quantitative estimate of drug-likeness (QED) is 0.235. The maximum absolute atomic E-state index is 13.3. The molecule has 7 nitrogen and oxygen atoms in total. The molecule has 2 atom stereocenters. The number of ether oxygens (including phenoxy) is 1. The number of carbonyl (C=O) groups excluding carboxylic acids is 1. The van der Waals surface area contributed by atoms with E-state index in [0.717, 1.165) is 0 Å². The van der Waals surface area contributed by atoms with Crippen LogP contribution in [0.3, 0.4) is 0 Å². The van der Waals surface area contributed by atoms with Crippen LogP contribution < -0.4 is 10.1 Å². The molecule has 0 radical (unpaired) electrons. The smallest absolute Gasteiger partial charge is 0.335 e. The summed E-state index contributed by atoms with van der Waals surface area (Å²) in [6, 6.07) is 6.11. The standard InChI is InChI=1S/C25H28ClF2N3O4.C2H6/c1-5-7-17(25(33)34)11-10-15(2)16(3)29-23(32)22-20(12-13-21(27)28)30-31(4)24(22)35-19-9-6-8-18(26)14-19;1-2/h5-11,14-16,21H,1,12-13H2,2-4H3,(H,29,32)(H,33,34);1-2H3/b11-10-,17-7+;/t15?,16-;/m0./s1. The summed E-state index contributed by atoms with van der Waals surface area (Å²) < 4.78 is 33.0. The lowest BCUT2D eigenvalue weighted by Crippen LogP contribution is -2.37. The molecule has 0 aliphatic rings. The van der Waals surface area contributed by atoms with Crippen LogP contribution in [0.15, 0.2) is 60.7 Å². The van der Waals surface area contributed by atoms with E-state index in [1.54, 1.807) is 51.2 Å². The van der Waals surface area contributed by atoms with Crippen molar-refractivity contribution in [1.29, 1.82) is 0 Å². The van der Waals surface area contributed by atoms with Crippen molar-refractivity contribution < 1.29 is 28.2 Å². The SMILES string of the molecule is C=C/C=C(\C=C/C(C)[C@H](C)NC(=O)c1c(CCC(F)F)nn(C)c1Oc1cccc(Cl)c1)C(=O)O.CC. The van der Waals surface area contributed by atoms with Crippen molar-refractivity contribution in [3.8, 4) is 11.6 Å². The summed E-state index contributed by atoms with van der Waals surface area (Å²) in [5.41, 5.74) is 0.276. The third-order valence-electron chi connectivity index (χ3n) is 5.18. The van der Waals surface area contributed by atoms with Crippen LogP contribution in [0.25, 0.3) is 0 Å².